The van der Waals surface area contributed by atoms with Crippen LogP contribution in [0.5, 0.6) is 0 Å². The van der Waals surface area contributed by atoms with Crippen molar-refractivity contribution >= 4 is 5.97 Å². The number of hydrogen-bond acceptors (Lipinski definition) is 3. The Kier molecular flexibility index (Phi) is 8.24. The molecule has 0 aliphatic carbocycles. The predicted molar refractivity (Wildman–Crippen MR) is 54.1 cm³/mol. The van der Waals surface area contributed by atoms with Crippen LogP contribution in [-0.2, 0) is 14.3 Å². The highest BCUT2D eigenvalue weighted by Crippen LogP contribution is 2.20. The summed E-state index contributed by atoms with van der Waals surface area (Å²) in [4.78, 5) is 10.1. The van der Waals surface area contributed by atoms with Gasteiger partial charge in [0.05, 0.1) is 0 Å². The monoisotopic (exact) mass is 244 g/mol. The molecule has 0 aromatic carbocycles. The SMILES string of the molecule is CC(C)(C)OC(=O)C(F)(F)F.CCOCC. The van der Waals surface area contributed by atoms with Crippen LogP contribution in [0.4, 0.5) is 13.2 Å². The molecule has 0 amide bonds. The average molecular weight is 244 g/mol. The van der Waals surface area contributed by atoms with E-state index in [1.54, 1.807) is 0 Å². The first-order chi connectivity index (χ1) is 7.04. The molecule has 0 aliphatic rings. The second-order valence-corrected chi connectivity index (χ2v) is 3.78. The summed E-state index contributed by atoms with van der Waals surface area (Å²) in [6.07, 6.45) is -4.90. The van der Waals surface area contributed by atoms with Crippen LogP contribution in [0.15, 0.2) is 0 Å². The molecule has 0 fully saturated rings. The summed E-state index contributed by atoms with van der Waals surface area (Å²) in [6, 6.07) is 0. The van der Waals surface area contributed by atoms with Crippen molar-refractivity contribution in [3.63, 3.8) is 0 Å². The maximum atomic E-state index is 11.5. The third-order valence-corrected chi connectivity index (χ3v) is 1.04. The summed E-state index contributed by atoms with van der Waals surface area (Å²) in [7, 11) is 0. The fourth-order valence-electron chi connectivity index (χ4n) is 0.540. The van der Waals surface area contributed by atoms with Crippen LogP contribution in [0, 0.1) is 0 Å². The molecule has 6 heteroatoms. The molecule has 0 spiro atoms. The highest BCUT2D eigenvalue weighted by Gasteiger charge is 2.42. The van der Waals surface area contributed by atoms with E-state index in [1.165, 1.54) is 20.8 Å². The van der Waals surface area contributed by atoms with Gasteiger partial charge >= 0.3 is 12.1 Å². The molecule has 3 nitrogen and oxygen atoms in total. The van der Waals surface area contributed by atoms with Crippen LogP contribution in [0.2, 0.25) is 0 Å². The van der Waals surface area contributed by atoms with E-state index in [9.17, 15) is 18.0 Å². The largest absolute Gasteiger partial charge is 0.490 e. The van der Waals surface area contributed by atoms with Gasteiger partial charge in [-0.15, -0.1) is 0 Å². The molecular formula is C10H19F3O3. The molecule has 0 atom stereocenters. The molecule has 0 saturated heterocycles. The Morgan fingerprint density at radius 2 is 1.44 bits per heavy atom. The minimum Gasteiger partial charge on any atom is -0.453 e. The van der Waals surface area contributed by atoms with Gasteiger partial charge in [-0.2, -0.15) is 13.2 Å². The zero-order chi connectivity index (χ0) is 13.4. The lowest BCUT2D eigenvalue weighted by molar-refractivity contribution is -0.210. The predicted octanol–water partition coefficient (Wildman–Crippen LogP) is 2.93. The molecule has 0 saturated carbocycles. The number of carbonyl (C=O) groups is 1. The zero-order valence-electron chi connectivity index (χ0n) is 10.3. The number of rotatable bonds is 2. The van der Waals surface area contributed by atoms with Crippen molar-refractivity contribution in [3.05, 3.63) is 0 Å². The summed E-state index contributed by atoms with van der Waals surface area (Å²) >= 11 is 0. The summed E-state index contributed by atoms with van der Waals surface area (Å²) in [5, 5.41) is 0. The maximum Gasteiger partial charge on any atom is 0.490 e. The van der Waals surface area contributed by atoms with Crippen molar-refractivity contribution in [1.29, 1.82) is 0 Å². The molecule has 0 N–H and O–H groups in total. The summed E-state index contributed by atoms with van der Waals surface area (Å²) < 4.78 is 43.4. The lowest BCUT2D eigenvalue weighted by Crippen LogP contribution is -2.33. The average Bonchev–Trinajstić information content (AvgIpc) is 2.01. The number of halogens is 3. The lowest BCUT2D eigenvalue weighted by Gasteiger charge is -2.19. The van der Waals surface area contributed by atoms with Crippen molar-refractivity contribution in [2.45, 2.75) is 46.4 Å². The number of ether oxygens (including phenoxy) is 2. The van der Waals surface area contributed by atoms with E-state index in [4.69, 9.17) is 4.74 Å². The number of carbonyl (C=O) groups excluding carboxylic acids is 1. The molecular weight excluding hydrogens is 225 g/mol. The molecule has 0 unspecified atom stereocenters. The molecule has 0 heterocycles. The zero-order valence-corrected chi connectivity index (χ0v) is 10.3. The first kappa shape index (κ1) is 17.6. The fourth-order valence-corrected chi connectivity index (χ4v) is 0.540. The maximum absolute atomic E-state index is 11.5. The van der Waals surface area contributed by atoms with Crippen LogP contribution in [0.25, 0.3) is 0 Å². The Hall–Kier alpha value is -0.780. The lowest BCUT2D eigenvalue weighted by atomic mass is 10.2. The van der Waals surface area contributed by atoms with Crippen LogP contribution in [-0.4, -0.2) is 31.0 Å². The van der Waals surface area contributed by atoms with Gasteiger partial charge in [-0.05, 0) is 34.6 Å². The van der Waals surface area contributed by atoms with Gasteiger partial charge in [0.2, 0.25) is 0 Å². The minimum absolute atomic E-state index is 0.844. The Balaban J connectivity index is 0. The van der Waals surface area contributed by atoms with E-state index in [2.05, 4.69) is 4.74 Å². The van der Waals surface area contributed by atoms with Gasteiger partial charge in [-0.25, -0.2) is 4.79 Å². The third kappa shape index (κ3) is 13.2. The van der Waals surface area contributed by atoms with Gasteiger partial charge in [0.15, 0.2) is 0 Å². The quantitative estimate of drug-likeness (QED) is 0.700. The molecule has 0 aliphatic heterocycles. The van der Waals surface area contributed by atoms with Crippen LogP contribution >= 0.6 is 0 Å². The van der Waals surface area contributed by atoms with Gasteiger partial charge in [-0.1, -0.05) is 0 Å². The van der Waals surface area contributed by atoms with Crippen molar-refractivity contribution in [2.24, 2.45) is 0 Å². The number of alkyl halides is 3. The van der Waals surface area contributed by atoms with Crippen LogP contribution in [0.1, 0.15) is 34.6 Å². The molecule has 16 heavy (non-hydrogen) atoms. The third-order valence-electron chi connectivity index (χ3n) is 1.04. The van der Waals surface area contributed by atoms with Crippen LogP contribution < -0.4 is 0 Å². The van der Waals surface area contributed by atoms with E-state index in [1.807, 2.05) is 13.8 Å². The van der Waals surface area contributed by atoms with Crippen molar-refractivity contribution in [2.75, 3.05) is 13.2 Å². The molecule has 0 aromatic rings. The van der Waals surface area contributed by atoms with Crippen molar-refractivity contribution < 1.29 is 27.4 Å². The summed E-state index contributed by atoms with van der Waals surface area (Å²) in [5.41, 5.74) is -1.09. The Morgan fingerprint density at radius 1 is 1.06 bits per heavy atom. The summed E-state index contributed by atoms with van der Waals surface area (Å²) in [6.45, 7) is 9.78. The van der Waals surface area contributed by atoms with Gasteiger partial charge < -0.3 is 9.47 Å². The Bertz CT molecular complexity index is 192. The van der Waals surface area contributed by atoms with Crippen LogP contribution in [0.3, 0.4) is 0 Å². The second kappa shape index (κ2) is 7.49. The number of esters is 1. The normalized spacial score (nSPS) is 11.5. The highest BCUT2D eigenvalue weighted by atomic mass is 19.4. The van der Waals surface area contributed by atoms with Gasteiger partial charge in [0.1, 0.15) is 5.60 Å². The Labute approximate surface area is 93.9 Å². The minimum atomic E-state index is -4.90. The van der Waals surface area contributed by atoms with E-state index in [0.717, 1.165) is 13.2 Å². The molecule has 0 rings (SSSR count). The van der Waals surface area contributed by atoms with Crippen molar-refractivity contribution in [1.82, 2.24) is 0 Å². The standard InChI is InChI=1S/C6H9F3O2.C4H10O/c1-5(2,3)11-4(10)6(7,8)9;1-3-5-4-2/h1-3H3;3-4H2,1-2H3. The molecule has 0 bridgehead atoms. The fraction of sp³-hybridized carbons (Fsp3) is 0.900. The molecule has 0 aromatic heterocycles. The van der Waals surface area contributed by atoms with Crippen molar-refractivity contribution in [3.8, 4) is 0 Å². The van der Waals surface area contributed by atoms with Gasteiger partial charge in [0.25, 0.3) is 0 Å². The first-order valence-corrected chi connectivity index (χ1v) is 4.92. The summed E-state index contributed by atoms with van der Waals surface area (Å²) in [5.74, 6) is -2.15. The van der Waals surface area contributed by atoms with Gasteiger partial charge in [-0.3, -0.25) is 0 Å². The number of hydrogen-bond donors (Lipinski definition) is 0. The van der Waals surface area contributed by atoms with E-state index in [0.29, 0.717) is 0 Å². The van der Waals surface area contributed by atoms with E-state index >= 15 is 0 Å². The smallest absolute Gasteiger partial charge is 0.453 e. The van der Waals surface area contributed by atoms with E-state index in [-0.39, 0.29) is 0 Å². The second-order valence-electron chi connectivity index (χ2n) is 3.78. The topological polar surface area (TPSA) is 35.5 Å². The molecule has 98 valence electrons. The van der Waals surface area contributed by atoms with Gasteiger partial charge in [0, 0.05) is 13.2 Å². The Morgan fingerprint density at radius 3 is 1.50 bits per heavy atom. The van der Waals surface area contributed by atoms with E-state index < -0.39 is 17.7 Å². The highest BCUT2D eigenvalue weighted by molar-refractivity contribution is 5.75. The first-order valence-electron chi connectivity index (χ1n) is 4.92. The molecule has 0 radical (unpaired) electrons.